The maximum atomic E-state index is 13.4. The van der Waals surface area contributed by atoms with Crippen LogP contribution in [0.5, 0.6) is 5.75 Å². The van der Waals surface area contributed by atoms with Gasteiger partial charge in [-0.05, 0) is 60.7 Å². The number of thiazole rings is 1. The van der Waals surface area contributed by atoms with Crippen molar-refractivity contribution in [1.29, 1.82) is 0 Å². The zero-order chi connectivity index (χ0) is 47.0. The number of nitrogens with one attached hydrogen (secondary N) is 3. The Morgan fingerprint density at radius 1 is 0.875 bits per heavy atom. The lowest BCUT2D eigenvalue weighted by molar-refractivity contribution is -0.193. The van der Waals surface area contributed by atoms with E-state index < -0.39 is 24.3 Å². The predicted molar refractivity (Wildman–Crippen MR) is 222 cm³/mol. The standard InChI is InChI=1S/C37H43N7O5S.2C2HF3O2/c1-43-24-29(40-34(45)27-11-13-28(39-23-27)12-8-25-9-14-30(48-2)15-10-25)22-31(43)35(46)42-37-41-32(33(50-37)26-6-4-3-5-7-26)36(47)38-16-17-44-18-20-49-21-19-44;2*3-2(4,5)1(6)7/h8-15,22-24,26H,3-7,16-21H2,1-2H3,(H,38,47)(H,40,45)(H,41,42,46);2*(H,6,7)/b12-8+;;. The molecule has 2 fully saturated rings. The fourth-order valence-electron chi connectivity index (χ4n) is 6.18. The highest BCUT2D eigenvalue weighted by molar-refractivity contribution is 7.16. The Kier molecular flexibility index (Phi) is 18.4. The summed E-state index contributed by atoms with van der Waals surface area (Å²) in [7, 11) is 3.36. The number of nitrogens with zero attached hydrogens (tertiary/aromatic N) is 4. The second-order valence-electron chi connectivity index (χ2n) is 14.1. The second-order valence-corrected chi connectivity index (χ2v) is 15.1. The van der Waals surface area contributed by atoms with E-state index in [1.54, 1.807) is 43.1 Å². The minimum Gasteiger partial charge on any atom is -0.497 e. The van der Waals surface area contributed by atoms with E-state index in [4.69, 9.17) is 29.3 Å². The summed E-state index contributed by atoms with van der Waals surface area (Å²) in [6, 6.07) is 12.8. The van der Waals surface area contributed by atoms with Crippen molar-refractivity contribution in [2.24, 2.45) is 7.05 Å². The van der Waals surface area contributed by atoms with Gasteiger partial charge in [0.2, 0.25) is 0 Å². The van der Waals surface area contributed by atoms with Crippen molar-refractivity contribution in [3.8, 4) is 5.75 Å². The average molecular weight is 926 g/mol. The number of carbonyl (C=O) groups excluding carboxylic acids is 3. The number of alkyl halides is 6. The van der Waals surface area contributed by atoms with Gasteiger partial charge >= 0.3 is 24.3 Å². The molecule has 3 amide bonds. The number of aromatic nitrogens is 3. The summed E-state index contributed by atoms with van der Waals surface area (Å²) in [4.78, 5) is 69.8. The molecule has 64 heavy (non-hydrogen) atoms. The number of pyridine rings is 1. The number of aliphatic carboxylic acids is 2. The first kappa shape index (κ1) is 50.3. The predicted octanol–water partition coefficient (Wildman–Crippen LogP) is 6.94. The number of hydrogen-bond acceptors (Lipinski definition) is 11. The van der Waals surface area contributed by atoms with Crippen LogP contribution in [0.4, 0.5) is 37.2 Å². The monoisotopic (exact) mass is 925 g/mol. The van der Waals surface area contributed by atoms with Crippen LogP contribution < -0.4 is 20.7 Å². The normalized spacial score (nSPS) is 14.6. The van der Waals surface area contributed by atoms with Gasteiger partial charge in [0.05, 0.1) is 37.3 Å². The van der Waals surface area contributed by atoms with Crippen LogP contribution in [0.15, 0.2) is 54.9 Å². The molecule has 1 aliphatic carbocycles. The second kappa shape index (κ2) is 23.4. The molecule has 23 heteroatoms. The Bertz CT molecular complexity index is 2210. The van der Waals surface area contributed by atoms with Gasteiger partial charge in [0.1, 0.15) is 17.1 Å². The molecule has 4 heterocycles. The van der Waals surface area contributed by atoms with Crippen molar-refractivity contribution in [3.63, 3.8) is 0 Å². The molecular weight excluding hydrogens is 881 g/mol. The van der Waals surface area contributed by atoms with Crippen molar-refractivity contribution in [2.75, 3.05) is 57.1 Å². The molecule has 0 unspecified atom stereocenters. The number of carboxylic acids is 2. The lowest BCUT2D eigenvalue weighted by atomic mass is 9.87. The Hall–Kier alpha value is -6.33. The number of aryl methyl sites for hydroxylation is 1. The molecule has 4 aromatic rings. The van der Waals surface area contributed by atoms with E-state index in [0.717, 1.165) is 61.5 Å². The molecule has 1 saturated heterocycles. The molecule has 0 bridgehead atoms. The molecule has 1 aromatic carbocycles. The largest absolute Gasteiger partial charge is 0.497 e. The van der Waals surface area contributed by atoms with Crippen LogP contribution in [0.3, 0.4) is 0 Å². The highest BCUT2D eigenvalue weighted by Crippen LogP contribution is 2.39. The Morgan fingerprint density at radius 2 is 1.50 bits per heavy atom. The molecule has 1 aliphatic heterocycles. The first-order valence-electron chi connectivity index (χ1n) is 19.5. The lowest BCUT2D eigenvalue weighted by Gasteiger charge is -2.26. The van der Waals surface area contributed by atoms with Crippen LogP contribution in [-0.4, -0.2) is 118 Å². The Morgan fingerprint density at radius 3 is 2.06 bits per heavy atom. The van der Waals surface area contributed by atoms with Gasteiger partial charge in [0.25, 0.3) is 17.7 Å². The number of benzene rings is 1. The van der Waals surface area contributed by atoms with Gasteiger partial charge in [-0.1, -0.05) is 37.5 Å². The summed E-state index contributed by atoms with van der Waals surface area (Å²) in [5.41, 5.74) is 3.29. The van der Waals surface area contributed by atoms with Gasteiger partial charge in [-0.3, -0.25) is 29.6 Å². The van der Waals surface area contributed by atoms with E-state index in [9.17, 15) is 40.7 Å². The molecule has 6 rings (SSSR count). The van der Waals surface area contributed by atoms with Gasteiger partial charge in [0, 0.05) is 50.5 Å². The van der Waals surface area contributed by atoms with E-state index in [1.807, 2.05) is 36.4 Å². The summed E-state index contributed by atoms with van der Waals surface area (Å²) in [6.07, 6.45) is 2.25. The summed E-state index contributed by atoms with van der Waals surface area (Å²) >= 11 is 1.38. The molecule has 16 nitrogen and oxygen atoms in total. The lowest BCUT2D eigenvalue weighted by Crippen LogP contribution is -2.41. The number of morpholine rings is 1. The van der Waals surface area contributed by atoms with E-state index in [1.165, 1.54) is 24.0 Å². The molecule has 1 saturated carbocycles. The SMILES string of the molecule is COc1ccc(/C=C/c2ccc(C(=O)Nc3cc(C(=O)Nc4nc(C(=O)NCCN5CCOCC5)c(C5CCCCC5)s4)n(C)c3)cn2)cc1.O=C(O)C(F)(F)F.O=C(O)C(F)(F)F. The van der Waals surface area contributed by atoms with Crippen LogP contribution in [0.1, 0.15) is 85.5 Å². The van der Waals surface area contributed by atoms with Gasteiger partial charge in [-0.15, -0.1) is 11.3 Å². The smallest absolute Gasteiger partial charge is 0.490 e. The van der Waals surface area contributed by atoms with Crippen molar-refractivity contribution in [3.05, 3.63) is 87.9 Å². The van der Waals surface area contributed by atoms with E-state index in [-0.39, 0.29) is 23.6 Å². The third kappa shape index (κ3) is 15.8. The van der Waals surface area contributed by atoms with Crippen molar-refractivity contribution in [1.82, 2.24) is 24.8 Å². The number of anilines is 2. The number of halogens is 6. The van der Waals surface area contributed by atoms with E-state index in [2.05, 4.69) is 30.8 Å². The quantitative estimate of drug-likeness (QED) is 0.0915. The number of amides is 3. The van der Waals surface area contributed by atoms with Crippen molar-refractivity contribution < 1.29 is 70.0 Å². The maximum Gasteiger partial charge on any atom is 0.490 e. The number of methoxy groups -OCH3 is 1. The maximum absolute atomic E-state index is 13.4. The molecule has 346 valence electrons. The molecule has 5 N–H and O–H groups in total. The van der Waals surface area contributed by atoms with Crippen LogP contribution in [-0.2, 0) is 21.4 Å². The molecule has 0 radical (unpaired) electrons. The Labute approximate surface area is 366 Å². The summed E-state index contributed by atoms with van der Waals surface area (Å²) in [6.45, 7) is 4.39. The van der Waals surface area contributed by atoms with Crippen LogP contribution in [0.2, 0.25) is 0 Å². The van der Waals surface area contributed by atoms with Crippen LogP contribution >= 0.6 is 11.3 Å². The zero-order valence-corrected chi connectivity index (χ0v) is 35.2. The van der Waals surface area contributed by atoms with Gasteiger partial charge in [0.15, 0.2) is 5.13 Å². The zero-order valence-electron chi connectivity index (χ0n) is 34.4. The minimum absolute atomic E-state index is 0.213. The fraction of sp³-hybridized carbons (Fsp3) is 0.390. The van der Waals surface area contributed by atoms with Crippen molar-refractivity contribution >= 4 is 64.0 Å². The number of carbonyl (C=O) groups is 5. The summed E-state index contributed by atoms with van der Waals surface area (Å²) < 4.78 is 75.7. The third-order valence-corrected chi connectivity index (χ3v) is 10.6. The van der Waals surface area contributed by atoms with Gasteiger partial charge in [-0.2, -0.15) is 26.3 Å². The molecule has 2 aliphatic rings. The first-order chi connectivity index (χ1) is 30.2. The third-order valence-electron chi connectivity index (χ3n) is 9.47. The van der Waals surface area contributed by atoms with Crippen molar-refractivity contribution in [2.45, 2.75) is 50.4 Å². The minimum atomic E-state index is -5.08. The number of hydrogen-bond donors (Lipinski definition) is 5. The average Bonchev–Trinajstić information content (AvgIpc) is 3.86. The van der Waals surface area contributed by atoms with Crippen LogP contribution in [0, 0.1) is 0 Å². The summed E-state index contributed by atoms with van der Waals surface area (Å²) in [5, 5.41) is 23.4. The highest BCUT2D eigenvalue weighted by Gasteiger charge is 2.39. The number of carboxylic acid groups (broad SMARTS) is 2. The summed E-state index contributed by atoms with van der Waals surface area (Å²) in [5.74, 6) is -5.42. The van der Waals surface area contributed by atoms with E-state index in [0.29, 0.717) is 53.2 Å². The first-order valence-corrected chi connectivity index (χ1v) is 20.3. The number of ether oxygens (including phenoxy) is 2. The molecule has 3 aromatic heterocycles. The molecular formula is C41H45F6N7O9S. The molecule has 0 spiro atoms. The van der Waals surface area contributed by atoms with Crippen LogP contribution in [0.25, 0.3) is 12.2 Å². The van der Waals surface area contributed by atoms with Gasteiger partial charge < -0.3 is 34.9 Å². The molecule has 0 atom stereocenters. The topological polar surface area (TPSA) is 214 Å². The number of rotatable bonds is 12. The van der Waals surface area contributed by atoms with E-state index >= 15 is 0 Å². The highest BCUT2D eigenvalue weighted by atomic mass is 32.1. The Balaban J connectivity index is 0.000000555. The van der Waals surface area contributed by atoms with Gasteiger partial charge in [-0.25, -0.2) is 14.6 Å². The fourth-order valence-corrected chi connectivity index (χ4v) is 7.31.